The standard InChI is InChI=1S/C16H14N2O3/c1-18-15-11-7-9(8-19)5-6-12(11)21-13-4-2-3-10(14(13)15)16(17)20/h2-7,19H,8H2,1H3,(H2,17,20)/b18-15-. The number of nitrogens with zero attached hydrogens (tertiary/aromatic N) is 1. The first-order valence-electron chi connectivity index (χ1n) is 6.47. The number of nitrogens with two attached hydrogens (primary N) is 1. The van der Waals surface area contributed by atoms with Crippen LogP contribution in [0.15, 0.2) is 45.8 Å². The minimum Gasteiger partial charge on any atom is -0.456 e. The summed E-state index contributed by atoms with van der Waals surface area (Å²) in [5.74, 6) is -0.529. The molecule has 21 heavy (non-hydrogen) atoms. The second kappa shape index (κ2) is 5.03. The molecule has 0 radical (unpaired) electrons. The lowest BCUT2D eigenvalue weighted by atomic mass is 10.0. The van der Waals surface area contributed by atoms with E-state index in [0.29, 0.717) is 27.5 Å². The monoisotopic (exact) mass is 282 g/mol. The topological polar surface area (TPSA) is 88.8 Å². The van der Waals surface area contributed by atoms with E-state index in [1.54, 1.807) is 43.4 Å². The molecule has 1 heterocycles. The molecule has 1 amide bonds. The van der Waals surface area contributed by atoms with Gasteiger partial charge in [0.1, 0.15) is 11.2 Å². The molecule has 0 unspecified atom stereocenters. The normalized spacial score (nSPS) is 12.2. The molecule has 0 saturated carbocycles. The van der Waals surface area contributed by atoms with Crippen molar-refractivity contribution >= 4 is 27.8 Å². The highest BCUT2D eigenvalue weighted by molar-refractivity contribution is 6.06. The van der Waals surface area contributed by atoms with E-state index in [9.17, 15) is 9.90 Å². The molecule has 3 rings (SSSR count). The van der Waals surface area contributed by atoms with Crippen molar-refractivity contribution in [2.24, 2.45) is 10.7 Å². The lowest BCUT2D eigenvalue weighted by Crippen LogP contribution is -2.16. The summed E-state index contributed by atoms with van der Waals surface area (Å²) >= 11 is 0. The fourth-order valence-corrected chi connectivity index (χ4v) is 2.50. The molecule has 0 aliphatic heterocycles. The fourth-order valence-electron chi connectivity index (χ4n) is 2.50. The van der Waals surface area contributed by atoms with Crippen LogP contribution in [0.25, 0.3) is 21.9 Å². The van der Waals surface area contributed by atoms with Crippen LogP contribution in [0, 0.1) is 0 Å². The Bertz CT molecular complexity index is 926. The summed E-state index contributed by atoms with van der Waals surface area (Å²) in [6, 6.07) is 10.5. The quantitative estimate of drug-likeness (QED) is 0.701. The third-order valence-corrected chi connectivity index (χ3v) is 3.45. The van der Waals surface area contributed by atoms with E-state index in [2.05, 4.69) is 4.99 Å². The number of hydrogen-bond donors (Lipinski definition) is 2. The van der Waals surface area contributed by atoms with Gasteiger partial charge in [-0.15, -0.1) is 0 Å². The van der Waals surface area contributed by atoms with Crippen molar-refractivity contribution in [2.75, 3.05) is 7.05 Å². The number of aliphatic hydroxyl groups excluding tert-OH is 1. The minimum absolute atomic E-state index is 0.0748. The Kier molecular flexibility index (Phi) is 3.19. The van der Waals surface area contributed by atoms with Gasteiger partial charge >= 0.3 is 0 Å². The molecule has 0 fully saturated rings. The zero-order valence-corrected chi connectivity index (χ0v) is 11.5. The van der Waals surface area contributed by atoms with Crippen molar-refractivity contribution in [2.45, 2.75) is 6.61 Å². The summed E-state index contributed by atoms with van der Waals surface area (Å²) in [7, 11) is 1.65. The van der Waals surface area contributed by atoms with Crippen LogP contribution in [0.3, 0.4) is 0 Å². The molecule has 5 heteroatoms. The van der Waals surface area contributed by atoms with Gasteiger partial charge in [-0.3, -0.25) is 9.79 Å². The number of aliphatic hydroxyl groups is 1. The number of fused-ring (bicyclic) bond motifs is 2. The largest absolute Gasteiger partial charge is 0.456 e. The highest BCUT2D eigenvalue weighted by atomic mass is 16.3. The molecule has 0 bridgehead atoms. The average molecular weight is 282 g/mol. The van der Waals surface area contributed by atoms with Crippen molar-refractivity contribution in [1.29, 1.82) is 0 Å². The fraction of sp³-hybridized carbons (Fsp3) is 0.125. The molecule has 5 nitrogen and oxygen atoms in total. The van der Waals surface area contributed by atoms with Crippen LogP contribution in [0.4, 0.5) is 0 Å². The van der Waals surface area contributed by atoms with Gasteiger partial charge in [0.15, 0.2) is 0 Å². The van der Waals surface area contributed by atoms with Gasteiger partial charge in [-0.1, -0.05) is 12.1 Å². The van der Waals surface area contributed by atoms with E-state index in [-0.39, 0.29) is 6.61 Å². The molecule has 0 spiro atoms. The third-order valence-electron chi connectivity index (χ3n) is 3.45. The van der Waals surface area contributed by atoms with Crippen molar-refractivity contribution in [1.82, 2.24) is 0 Å². The van der Waals surface area contributed by atoms with Crippen LogP contribution < -0.4 is 11.1 Å². The molecule has 3 aromatic rings. The number of carbonyl (C=O) groups excluding carboxylic acids is 1. The summed E-state index contributed by atoms with van der Waals surface area (Å²) in [6.45, 7) is -0.0748. The Labute approximate surface area is 120 Å². The van der Waals surface area contributed by atoms with Gasteiger partial charge in [0.2, 0.25) is 5.91 Å². The number of amides is 1. The molecular formula is C16H14N2O3. The number of hydrogen-bond acceptors (Lipinski definition) is 4. The zero-order chi connectivity index (χ0) is 15.0. The maximum absolute atomic E-state index is 11.6. The number of rotatable bonds is 2. The molecule has 1 aromatic heterocycles. The molecule has 0 aliphatic carbocycles. The van der Waals surface area contributed by atoms with Crippen LogP contribution in [-0.4, -0.2) is 18.1 Å². The molecule has 3 N–H and O–H groups in total. The number of primary amides is 1. The van der Waals surface area contributed by atoms with Gasteiger partial charge in [-0.05, 0) is 29.8 Å². The van der Waals surface area contributed by atoms with E-state index in [4.69, 9.17) is 10.2 Å². The van der Waals surface area contributed by atoms with Crippen molar-refractivity contribution in [3.63, 3.8) is 0 Å². The summed E-state index contributed by atoms with van der Waals surface area (Å²) < 4.78 is 5.83. The number of benzene rings is 2. The van der Waals surface area contributed by atoms with Crippen molar-refractivity contribution < 1.29 is 14.3 Å². The second-order valence-corrected chi connectivity index (χ2v) is 4.71. The Morgan fingerprint density at radius 2 is 2.10 bits per heavy atom. The van der Waals surface area contributed by atoms with Gasteiger partial charge in [0.05, 0.1) is 22.9 Å². The molecule has 106 valence electrons. The molecule has 0 saturated heterocycles. The van der Waals surface area contributed by atoms with E-state index in [0.717, 1.165) is 10.9 Å². The lowest BCUT2D eigenvalue weighted by Gasteiger charge is -2.07. The predicted octanol–water partition coefficient (Wildman–Crippen LogP) is 1.71. The Morgan fingerprint density at radius 3 is 2.76 bits per heavy atom. The number of carbonyl (C=O) groups is 1. The Morgan fingerprint density at radius 1 is 1.29 bits per heavy atom. The van der Waals surface area contributed by atoms with Gasteiger partial charge < -0.3 is 15.3 Å². The smallest absolute Gasteiger partial charge is 0.249 e. The summed E-state index contributed by atoms with van der Waals surface area (Å²) in [4.78, 5) is 15.9. The van der Waals surface area contributed by atoms with Crippen molar-refractivity contribution in [3.8, 4) is 0 Å². The SMILES string of the molecule is C/N=c1/c2cc(CO)ccc2oc2cccc(C(N)=O)c12. The van der Waals surface area contributed by atoms with Crippen molar-refractivity contribution in [3.05, 3.63) is 52.9 Å². The first-order chi connectivity index (χ1) is 10.2. The zero-order valence-electron chi connectivity index (χ0n) is 11.5. The van der Waals surface area contributed by atoms with Crippen LogP contribution in [0.2, 0.25) is 0 Å². The maximum Gasteiger partial charge on any atom is 0.249 e. The van der Waals surface area contributed by atoms with Gasteiger partial charge in [-0.25, -0.2) is 0 Å². The highest BCUT2D eigenvalue weighted by Crippen LogP contribution is 2.22. The minimum atomic E-state index is -0.529. The summed E-state index contributed by atoms with van der Waals surface area (Å²) in [5.41, 5.74) is 7.75. The molecule has 0 atom stereocenters. The highest BCUT2D eigenvalue weighted by Gasteiger charge is 2.13. The summed E-state index contributed by atoms with van der Waals surface area (Å²) in [6.07, 6.45) is 0. The predicted molar refractivity (Wildman–Crippen MR) is 79.6 cm³/mol. The lowest BCUT2D eigenvalue weighted by molar-refractivity contribution is 0.100. The molecule has 0 aliphatic rings. The average Bonchev–Trinajstić information content (AvgIpc) is 2.51. The van der Waals surface area contributed by atoms with Gasteiger partial charge in [0, 0.05) is 12.4 Å². The van der Waals surface area contributed by atoms with Gasteiger partial charge in [0.25, 0.3) is 0 Å². The maximum atomic E-state index is 11.6. The van der Waals surface area contributed by atoms with Crippen LogP contribution in [0.5, 0.6) is 0 Å². The molecular weight excluding hydrogens is 268 g/mol. The Hall–Kier alpha value is -2.66. The van der Waals surface area contributed by atoms with E-state index in [1.807, 2.05) is 0 Å². The first kappa shape index (κ1) is 13.3. The van der Waals surface area contributed by atoms with E-state index < -0.39 is 5.91 Å². The second-order valence-electron chi connectivity index (χ2n) is 4.71. The van der Waals surface area contributed by atoms with Crippen LogP contribution in [-0.2, 0) is 6.61 Å². The van der Waals surface area contributed by atoms with Gasteiger partial charge in [-0.2, -0.15) is 0 Å². The van der Waals surface area contributed by atoms with E-state index in [1.165, 1.54) is 0 Å². The van der Waals surface area contributed by atoms with Crippen LogP contribution >= 0.6 is 0 Å². The van der Waals surface area contributed by atoms with Crippen LogP contribution in [0.1, 0.15) is 15.9 Å². The first-order valence-corrected chi connectivity index (χ1v) is 6.47. The third kappa shape index (κ3) is 2.08. The summed E-state index contributed by atoms with van der Waals surface area (Å²) in [5, 5.41) is 11.3. The van der Waals surface area contributed by atoms with E-state index >= 15 is 0 Å². The Balaban J connectivity index is 2.59. The molecule has 2 aromatic carbocycles.